The number of nitrogens with zero attached hydrogens (tertiary/aromatic N) is 1. The molecule has 0 aromatic heterocycles. The van der Waals surface area contributed by atoms with Gasteiger partial charge in [0.05, 0.1) is 0 Å². The molecule has 0 saturated carbocycles. The summed E-state index contributed by atoms with van der Waals surface area (Å²) in [6.07, 6.45) is 8.20. The Hall–Kier alpha value is -0.340. The first kappa shape index (κ1) is 7.32. The standard InChI is InChI=1S/C9H15N2/c1-2-6-11-9(3-1)4-7-10-8-5-9/h1-2,11H,3-8H2. The summed E-state index contributed by atoms with van der Waals surface area (Å²) in [5.74, 6) is 0. The molecule has 2 aliphatic rings. The first-order valence-corrected chi connectivity index (χ1v) is 4.45. The molecule has 61 valence electrons. The van der Waals surface area contributed by atoms with Gasteiger partial charge in [-0.1, -0.05) is 12.2 Å². The number of piperidine rings is 1. The number of hydrogen-bond acceptors (Lipinski definition) is 1. The zero-order valence-corrected chi connectivity index (χ0v) is 6.84. The van der Waals surface area contributed by atoms with Gasteiger partial charge < -0.3 is 5.32 Å². The van der Waals surface area contributed by atoms with Crippen LogP contribution in [0, 0.1) is 0 Å². The molecule has 0 aromatic rings. The largest absolute Gasteiger partial charge is 0.307 e. The van der Waals surface area contributed by atoms with E-state index in [0.29, 0.717) is 5.54 Å². The lowest BCUT2D eigenvalue weighted by Gasteiger charge is -2.39. The molecule has 1 radical (unpaired) electrons. The van der Waals surface area contributed by atoms with E-state index in [-0.39, 0.29) is 0 Å². The van der Waals surface area contributed by atoms with E-state index in [1.165, 1.54) is 19.3 Å². The molecule has 1 fully saturated rings. The zero-order chi connectivity index (χ0) is 7.57. The highest BCUT2D eigenvalue weighted by atomic mass is 15.0. The van der Waals surface area contributed by atoms with E-state index in [0.717, 1.165) is 19.6 Å². The second-order valence-electron chi connectivity index (χ2n) is 3.51. The number of nitrogens with one attached hydrogen (secondary N) is 1. The van der Waals surface area contributed by atoms with E-state index < -0.39 is 0 Å². The van der Waals surface area contributed by atoms with Gasteiger partial charge >= 0.3 is 0 Å². The zero-order valence-electron chi connectivity index (χ0n) is 6.84. The fourth-order valence-electron chi connectivity index (χ4n) is 1.94. The monoisotopic (exact) mass is 151 g/mol. The Morgan fingerprint density at radius 3 is 2.64 bits per heavy atom. The van der Waals surface area contributed by atoms with Gasteiger partial charge in [0.25, 0.3) is 0 Å². The number of rotatable bonds is 0. The van der Waals surface area contributed by atoms with Crippen molar-refractivity contribution in [1.29, 1.82) is 0 Å². The average Bonchev–Trinajstić information content (AvgIpc) is 2.07. The lowest BCUT2D eigenvalue weighted by Crippen LogP contribution is -2.51. The van der Waals surface area contributed by atoms with Crippen LogP contribution in [0.25, 0.3) is 0 Å². The van der Waals surface area contributed by atoms with Crippen LogP contribution in [0.1, 0.15) is 19.3 Å². The van der Waals surface area contributed by atoms with Crippen molar-refractivity contribution in [3.63, 3.8) is 0 Å². The molecule has 11 heavy (non-hydrogen) atoms. The quantitative estimate of drug-likeness (QED) is 0.506. The van der Waals surface area contributed by atoms with Gasteiger partial charge in [-0.05, 0) is 19.3 Å². The smallest absolute Gasteiger partial charge is 0.0244 e. The summed E-state index contributed by atoms with van der Waals surface area (Å²) in [6.45, 7) is 3.17. The molecule has 0 aromatic carbocycles. The van der Waals surface area contributed by atoms with E-state index in [2.05, 4.69) is 22.8 Å². The summed E-state index contributed by atoms with van der Waals surface area (Å²) in [5.41, 5.74) is 0.427. The Balaban J connectivity index is 2.01. The van der Waals surface area contributed by atoms with Gasteiger partial charge in [0.15, 0.2) is 0 Å². The van der Waals surface area contributed by atoms with Crippen LogP contribution in [0.4, 0.5) is 0 Å². The van der Waals surface area contributed by atoms with Gasteiger partial charge in [0.2, 0.25) is 0 Å². The van der Waals surface area contributed by atoms with Gasteiger partial charge in [-0.25, -0.2) is 5.32 Å². The second kappa shape index (κ2) is 2.95. The maximum Gasteiger partial charge on any atom is 0.0244 e. The van der Waals surface area contributed by atoms with Crippen LogP contribution in [-0.4, -0.2) is 25.2 Å². The van der Waals surface area contributed by atoms with Crippen LogP contribution >= 0.6 is 0 Å². The molecule has 0 unspecified atom stereocenters. The van der Waals surface area contributed by atoms with Gasteiger partial charge in [0, 0.05) is 25.2 Å². The lowest BCUT2D eigenvalue weighted by atomic mass is 9.83. The minimum atomic E-state index is 0.427. The Kier molecular flexibility index (Phi) is 1.96. The molecule has 0 bridgehead atoms. The van der Waals surface area contributed by atoms with Gasteiger partial charge in [-0.15, -0.1) is 0 Å². The molecule has 2 aliphatic heterocycles. The average molecular weight is 151 g/mol. The SMILES string of the molecule is C1=CCC2(CC[N]CC2)NC1. The number of hydrogen-bond donors (Lipinski definition) is 1. The van der Waals surface area contributed by atoms with Crippen molar-refractivity contribution in [2.75, 3.05) is 19.6 Å². The lowest BCUT2D eigenvalue weighted by molar-refractivity contribution is 0.244. The first-order chi connectivity index (χ1) is 5.41. The molecular formula is C9H15N2. The van der Waals surface area contributed by atoms with E-state index in [9.17, 15) is 0 Å². The van der Waals surface area contributed by atoms with Gasteiger partial charge in [-0.3, -0.25) is 0 Å². The van der Waals surface area contributed by atoms with E-state index in [1.54, 1.807) is 0 Å². The van der Waals surface area contributed by atoms with Crippen molar-refractivity contribution < 1.29 is 0 Å². The molecule has 2 nitrogen and oxygen atoms in total. The molecule has 2 heteroatoms. The van der Waals surface area contributed by atoms with Crippen molar-refractivity contribution in [1.82, 2.24) is 10.6 Å². The highest BCUT2D eigenvalue weighted by Gasteiger charge is 2.31. The van der Waals surface area contributed by atoms with Gasteiger partial charge in [-0.2, -0.15) is 0 Å². The highest BCUT2D eigenvalue weighted by Crippen LogP contribution is 2.25. The summed E-state index contributed by atoms with van der Waals surface area (Å²) in [4.78, 5) is 0. The molecular weight excluding hydrogens is 136 g/mol. The predicted octanol–water partition coefficient (Wildman–Crippen LogP) is 0.673. The Labute approximate surface area is 68.1 Å². The van der Waals surface area contributed by atoms with Crippen LogP contribution in [-0.2, 0) is 0 Å². The summed E-state index contributed by atoms with van der Waals surface area (Å²) in [6, 6.07) is 0. The van der Waals surface area contributed by atoms with E-state index in [1.807, 2.05) is 0 Å². The fraction of sp³-hybridized carbons (Fsp3) is 0.778. The minimum absolute atomic E-state index is 0.427. The normalized spacial score (nSPS) is 29.1. The van der Waals surface area contributed by atoms with Crippen LogP contribution < -0.4 is 10.6 Å². The molecule has 0 aliphatic carbocycles. The van der Waals surface area contributed by atoms with Crippen molar-refractivity contribution in [2.45, 2.75) is 24.8 Å². The fourth-order valence-corrected chi connectivity index (χ4v) is 1.94. The third kappa shape index (κ3) is 1.47. The highest BCUT2D eigenvalue weighted by molar-refractivity contribution is 5.05. The third-order valence-corrected chi connectivity index (χ3v) is 2.77. The Morgan fingerprint density at radius 2 is 2.00 bits per heavy atom. The summed E-state index contributed by atoms with van der Waals surface area (Å²) in [7, 11) is 0. The molecule has 2 heterocycles. The minimum Gasteiger partial charge on any atom is -0.307 e. The Bertz CT molecular complexity index is 157. The van der Waals surface area contributed by atoms with Crippen molar-refractivity contribution in [3.05, 3.63) is 12.2 Å². The topological polar surface area (TPSA) is 26.1 Å². The summed E-state index contributed by atoms with van der Waals surface area (Å²) < 4.78 is 0. The second-order valence-corrected chi connectivity index (χ2v) is 3.51. The molecule has 0 amide bonds. The van der Waals surface area contributed by atoms with Crippen molar-refractivity contribution in [3.8, 4) is 0 Å². The maximum absolute atomic E-state index is 4.36. The molecule has 1 spiro atoms. The molecule has 2 rings (SSSR count). The van der Waals surface area contributed by atoms with Crippen molar-refractivity contribution >= 4 is 0 Å². The van der Waals surface area contributed by atoms with E-state index in [4.69, 9.17) is 0 Å². The Morgan fingerprint density at radius 1 is 1.18 bits per heavy atom. The summed E-state index contributed by atoms with van der Waals surface area (Å²) >= 11 is 0. The molecule has 1 N–H and O–H groups in total. The maximum atomic E-state index is 4.36. The third-order valence-electron chi connectivity index (χ3n) is 2.77. The van der Waals surface area contributed by atoms with Crippen LogP contribution in [0.3, 0.4) is 0 Å². The first-order valence-electron chi connectivity index (χ1n) is 4.45. The van der Waals surface area contributed by atoms with Crippen LogP contribution in [0.15, 0.2) is 12.2 Å². The van der Waals surface area contributed by atoms with Crippen LogP contribution in [0.5, 0.6) is 0 Å². The predicted molar refractivity (Wildman–Crippen MR) is 45.6 cm³/mol. The van der Waals surface area contributed by atoms with Crippen LogP contribution in [0.2, 0.25) is 0 Å². The molecule has 0 atom stereocenters. The van der Waals surface area contributed by atoms with Crippen molar-refractivity contribution in [2.24, 2.45) is 0 Å². The molecule has 1 saturated heterocycles. The van der Waals surface area contributed by atoms with E-state index >= 15 is 0 Å². The summed E-state index contributed by atoms with van der Waals surface area (Å²) in [5, 5.41) is 7.95. The van der Waals surface area contributed by atoms with Gasteiger partial charge in [0.1, 0.15) is 0 Å².